The van der Waals surface area contributed by atoms with Gasteiger partial charge in [-0.15, -0.1) is 0 Å². The van der Waals surface area contributed by atoms with Crippen LogP contribution in [0.15, 0.2) is 22.7 Å². The Hall–Kier alpha value is -0.0900. The number of methoxy groups -OCH3 is 1. The molecule has 1 rings (SSSR count). The summed E-state index contributed by atoms with van der Waals surface area (Å²) >= 11 is 9.78. The summed E-state index contributed by atoms with van der Waals surface area (Å²) in [7, 11) is 1.73. The van der Waals surface area contributed by atoms with Crippen molar-refractivity contribution < 1.29 is 4.74 Å². The van der Waals surface area contributed by atoms with E-state index < -0.39 is 0 Å². The highest BCUT2D eigenvalue weighted by Gasteiger charge is 2.14. The first-order valence-electron chi connectivity index (χ1n) is 5.87. The number of ether oxygens (including phenoxy) is 1. The van der Waals surface area contributed by atoms with Gasteiger partial charge in [-0.3, -0.25) is 0 Å². The molecule has 2 nitrogen and oxygen atoms in total. The van der Waals surface area contributed by atoms with Crippen molar-refractivity contribution in [1.29, 1.82) is 0 Å². The van der Waals surface area contributed by atoms with E-state index in [0.29, 0.717) is 6.04 Å². The largest absolute Gasteiger partial charge is 0.385 e. The molecule has 1 atom stereocenters. The van der Waals surface area contributed by atoms with Crippen molar-refractivity contribution in [2.45, 2.75) is 25.8 Å². The molecule has 0 heterocycles. The third kappa shape index (κ3) is 4.59. The van der Waals surface area contributed by atoms with Gasteiger partial charge in [-0.25, -0.2) is 0 Å². The molecule has 0 aliphatic carbocycles. The van der Waals surface area contributed by atoms with E-state index in [1.54, 1.807) is 7.11 Å². The van der Waals surface area contributed by atoms with E-state index in [2.05, 4.69) is 34.2 Å². The first-order chi connectivity index (χ1) is 8.20. The summed E-state index contributed by atoms with van der Waals surface area (Å²) in [6.07, 6.45) is 2.05. The first-order valence-corrected chi connectivity index (χ1v) is 7.04. The topological polar surface area (TPSA) is 21.3 Å². The number of nitrogens with one attached hydrogen (secondary N) is 1. The number of halogens is 2. The summed E-state index contributed by atoms with van der Waals surface area (Å²) in [5.41, 5.74) is 1.15. The minimum Gasteiger partial charge on any atom is -0.385 e. The molecule has 0 aliphatic heterocycles. The standard InChI is InChI=1S/C13H19BrClNO/c1-3-16-12(8-5-9-17-2)10-6-4-7-11(14)13(10)15/h4,6-7,12,16H,3,5,8-9H2,1-2H3. The Morgan fingerprint density at radius 2 is 2.24 bits per heavy atom. The Morgan fingerprint density at radius 3 is 2.88 bits per heavy atom. The lowest BCUT2D eigenvalue weighted by atomic mass is 10.0. The van der Waals surface area contributed by atoms with Crippen LogP contribution in [0.1, 0.15) is 31.4 Å². The van der Waals surface area contributed by atoms with Gasteiger partial charge in [0.25, 0.3) is 0 Å². The van der Waals surface area contributed by atoms with Crippen molar-refractivity contribution in [3.05, 3.63) is 33.3 Å². The molecule has 0 aliphatic rings. The highest BCUT2D eigenvalue weighted by atomic mass is 79.9. The lowest BCUT2D eigenvalue weighted by molar-refractivity contribution is 0.189. The van der Waals surface area contributed by atoms with Crippen molar-refractivity contribution >= 4 is 27.5 Å². The van der Waals surface area contributed by atoms with E-state index in [4.69, 9.17) is 16.3 Å². The second kappa shape index (κ2) is 8.09. The second-order valence-corrected chi connectivity index (χ2v) is 5.12. The van der Waals surface area contributed by atoms with Crippen LogP contribution in [-0.2, 0) is 4.74 Å². The van der Waals surface area contributed by atoms with Crippen LogP contribution in [0, 0.1) is 0 Å². The Bertz CT molecular complexity index is 346. The van der Waals surface area contributed by atoms with Gasteiger partial charge in [-0.1, -0.05) is 30.7 Å². The third-order valence-electron chi connectivity index (χ3n) is 2.65. The average molecular weight is 321 g/mol. The van der Waals surface area contributed by atoms with Gasteiger partial charge in [0.2, 0.25) is 0 Å². The summed E-state index contributed by atoms with van der Waals surface area (Å²) < 4.78 is 6.04. The van der Waals surface area contributed by atoms with E-state index in [1.807, 2.05) is 12.1 Å². The van der Waals surface area contributed by atoms with Gasteiger partial charge in [0.05, 0.1) is 5.02 Å². The van der Waals surface area contributed by atoms with Gasteiger partial charge in [0.15, 0.2) is 0 Å². The Labute approximate surface area is 117 Å². The van der Waals surface area contributed by atoms with Crippen molar-refractivity contribution in [2.75, 3.05) is 20.3 Å². The van der Waals surface area contributed by atoms with Crippen LogP contribution in [0.25, 0.3) is 0 Å². The number of benzene rings is 1. The fourth-order valence-corrected chi connectivity index (χ4v) is 2.47. The van der Waals surface area contributed by atoms with E-state index in [0.717, 1.165) is 41.1 Å². The fraction of sp³-hybridized carbons (Fsp3) is 0.538. The molecule has 1 N–H and O–H groups in total. The normalized spacial score (nSPS) is 12.7. The molecule has 0 aromatic heterocycles. The fourth-order valence-electron chi connectivity index (χ4n) is 1.84. The zero-order valence-electron chi connectivity index (χ0n) is 10.3. The van der Waals surface area contributed by atoms with Crippen LogP contribution < -0.4 is 5.32 Å². The minimum absolute atomic E-state index is 0.292. The first kappa shape index (κ1) is 15.0. The molecular weight excluding hydrogens is 302 g/mol. The molecule has 4 heteroatoms. The van der Waals surface area contributed by atoms with E-state index in [-0.39, 0.29) is 0 Å². The SMILES string of the molecule is CCNC(CCCOC)c1cccc(Br)c1Cl. The number of hydrogen-bond donors (Lipinski definition) is 1. The summed E-state index contributed by atoms with van der Waals surface area (Å²) in [6, 6.07) is 6.35. The quantitative estimate of drug-likeness (QED) is 0.761. The predicted molar refractivity (Wildman–Crippen MR) is 76.7 cm³/mol. The van der Waals surface area contributed by atoms with Crippen LogP contribution >= 0.6 is 27.5 Å². The van der Waals surface area contributed by atoms with Gasteiger partial charge in [-0.2, -0.15) is 0 Å². The molecule has 0 saturated heterocycles. The molecule has 0 saturated carbocycles. The zero-order chi connectivity index (χ0) is 12.7. The van der Waals surface area contributed by atoms with Crippen molar-refractivity contribution in [2.24, 2.45) is 0 Å². The predicted octanol–water partition coefficient (Wildman–Crippen LogP) is 4.18. The maximum absolute atomic E-state index is 6.32. The van der Waals surface area contributed by atoms with E-state index in [9.17, 15) is 0 Å². The number of hydrogen-bond acceptors (Lipinski definition) is 2. The number of rotatable bonds is 7. The summed E-state index contributed by atoms with van der Waals surface area (Å²) in [6.45, 7) is 3.82. The molecule has 0 spiro atoms. The molecular formula is C13H19BrClNO. The molecule has 0 amide bonds. The van der Waals surface area contributed by atoms with Crippen LogP contribution in [0.4, 0.5) is 0 Å². The van der Waals surface area contributed by atoms with Crippen LogP contribution in [0.2, 0.25) is 5.02 Å². The highest BCUT2D eigenvalue weighted by molar-refractivity contribution is 9.10. The van der Waals surface area contributed by atoms with Gasteiger partial charge in [0.1, 0.15) is 0 Å². The summed E-state index contributed by atoms with van der Waals surface area (Å²) in [5.74, 6) is 0. The molecule has 0 radical (unpaired) electrons. The maximum atomic E-state index is 6.32. The molecule has 1 unspecified atom stereocenters. The van der Waals surface area contributed by atoms with Gasteiger partial charge < -0.3 is 10.1 Å². The monoisotopic (exact) mass is 319 g/mol. The molecule has 96 valence electrons. The third-order valence-corrected chi connectivity index (χ3v) is 3.96. The van der Waals surface area contributed by atoms with Crippen molar-refractivity contribution in [3.8, 4) is 0 Å². The molecule has 0 fully saturated rings. The average Bonchev–Trinajstić information content (AvgIpc) is 2.32. The Balaban J connectivity index is 2.77. The van der Waals surface area contributed by atoms with Crippen molar-refractivity contribution in [1.82, 2.24) is 5.32 Å². The highest BCUT2D eigenvalue weighted by Crippen LogP contribution is 2.32. The van der Waals surface area contributed by atoms with E-state index in [1.165, 1.54) is 0 Å². The van der Waals surface area contributed by atoms with E-state index >= 15 is 0 Å². The Morgan fingerprint density at radius 1 is 1.47 bits per heavy atom. The van der Waals surface area contributed by atoms with Crippen LogP contribution in [-0.4, -0.2) is 20.3 Å². The lowest BCUT2D eigenvalue weighted by Crippen LogP contribution is -2.21. The second-order valence-electron chi connectivity index (χ2n) is 3.89. The summed E-state index contributed by atoms with van der Waals surface area (Å²) in [5, 5.41) is 4.27. The zero-order valence-corrected chi connectivity index (χ0v) is 12.6. The smallest absolute Gasteiger partial charge is 0.0595 e. The maximum Gasteiger partial charge on any atom is 0.0595 e. The molecule has 17 heavy (non-hydrogen) atoms. The van der Waals surface area contributed by atoms with Crippen molar-refractivity contribution in [3.63, 3.8) is 0 Å². The minimum atomic E-state index is 0.292. The Kier molecular flexibility index (Phi) is 7.12. The molecule has 1 aromatic rings. The lowest BCUT2D eigenvalue weighted by Gasteiger charge is -2.20. The van der Waals surface area contributed by atoms with Crippen LogP contribution in [0.3, 0.4) is 0 Å². The summed E-state index contributed by atoms with van der Waals surface area (Å²) in [4.78, 5) is 0. The van der Waals surface area contributed by atoms with Crippen LogP contribution in [0.5, 0.6) is 0 Å². The van der Waals surface area contributed by atoms with Gasteiger partial charge in [-0.05, 0) is 46.9 Å². The van der Waals surface area contributed by atoms with Gasteiger partial charge in [0, 0.05) is 24.2 Å². The molecule has 0 bridgehead atoms. The molecule has 1 aromatic carbocycles. The van der Waals surface area contributed by atoms with Gasteiger partial charge >= 0.3 is 0 Å².